The van der Waals surface area contributed by atoms with Crippen LogP contribution < -0.4 is 0 Å². The lowest BCUT2D eigenvalue weighted by atomic mass is 10.0. The Labute approximate surface area is 220 Å². The average Bonchev–Trinajstić information content (AvgIpc) is 2.83. The molecule has 0 aromatic heterocycles. The van der Waals surface area contributed by atoms with E-state index in [0.717, 1.165) is 0 Å². The van der Waals surface area contributed by atoms with Crippen molar-refractivity contribution in [2.24, 2.45) is 0 Å². The van der Waals surface area contributed by atoms with Crippen molar-refractivity contribution < 1.29 is 54.2 Å². The van der Waals surface area contributed by atoms with Crippen molar-refractivity contribution in [2.75, 3.05) is 26.0 Å². The molecule has 0 spiro atoms. The highest BCUT2D eigenvalue weighted by atomic mass is 31.2. The fourth-order valence-electron chi connectivity index (χ4n) is 4.17. The van der Waals surface area contributed by atoms with E-state index in [2.05, 4.69) is 0 Å². The third-order valence-electron chi connectivity index (χ3n) is 6.08. The van der Waals surface area contributed by atoms with Crippen LogP contribution in [0.3, 0.4) is 0 Å². The van der Waals surface area contributed by atoms with Crippen molar-refractivity contribution in [2.45, 2.75) is 45.4 Å². The topological polar surface area (TPSA) is 223 Å². The number of hydrogen-bond acceptors (Lipinski definition) is 9. The van der Waals surface area contributed by atoms with Crippen molar-refractivity contribution in [3.8, 4) is 11.5 Å². The zero-order valence-electron chi connectivity index (χ0n) is 21.0. The van der Waals surface area contributed by atoms with Gasteiger partial charge in [-0.1, -0.05) is 19.1 Å². The summed E-state index contributed by atoms with van der Waals surface area (Å²) in [4.78, 5) is 41.5. The Morgan fingerprint density at radius 3 is 1.97 bits per heavy atom. The number of phenolic OH excluding ortho intramolecular Hbond substituents is 2. The minimum atomic E-state index is -4.89. The van der Waals surface area contributed by atoms with Gasteiger partial charge in [0, 0.05) is 37.3 Å². The van der Waals surface area contributed by atoms with Crippen LogP contribution in [0.25, 0.3) is 0 Å². The standard InChI is InChI=1S/C23H36N2O11P2/c1-2-18-8-17(13-27)9-22(30)20(18)11-24(15-37(31,32)33)5-6-25(23(14-28)38(34,35)36)10-19-7-16(12-26)3-4-21(19)29/h3-4,7-9,23,26-30H,2,5-6,10-15H2,1H3,(H2,31,32,33)(H2,34,35,36). The molecular formula is C23H36N2O11P2. The molecule has 2 aromatic rings. The van der Waals surface area contributed by atoms with Gasteiger partial charge < -0.3 is 45.1 Å². The van der Waals surface area contributed by atoms with Gasteiger partial charge in [0.25, 0.3) is 0 Å². The SMILES string of the molecule is CCc1cc(CO)cc(O)c1CN(CCN(Cc1cc(CO)ccc1O)C(CO)P(=O)(O)O)CP(=O)(O)O. The molecule has 0 fully saturated rings. The molecule has 0 aliphatic heterocycles. The van der Waals surface area contributed by atoms with Gasteiger partial charge in [0.2, 0.25) is 0 Å². The zero-order valence-corrected chi connectivity index (χ0v) is 22.7. The molecule has 0 radical (unpaired) electrons. The Balaban J connectivity index is 2.41. The van der Waals surface area contributed by atoms with E-state index in [1.807, 2.05) is 6.92 Å². The molecule has 9 N–H and O–H groups in total. The summed E-state index contributed by atoms with van der Waals surface area (Å²) in [5.74, 6) is -2.06. The molecule has 13 nitrogen and oxygen atoms in total. The van der Waals surface area contributed by atoms with Crippen molar-refractivity contribution in [1.29, 1.82) is 0 Å². The fraction of sp³-hybridized carbons (Fsp3) is 0.478. The maximum absolute atomic E-state index is 12.2. The van der Waals surface area contributed by atoms with Crippen LogP contribution in [-0.4, -0.2) is 86.7 Å². The van der Waals surface area contributed by atoms with Crippen molar-refractivity contribution in [3.63, 3.8) is 0 Å². The van der Waals surface area contributed by atoms with Crippen molar-refractivity contribution in [1.82, 2.24) is 9.80 Å². The van der Waals surface area contributed by atoms with Gasteiger partial charge in [-0.2, -0.15) is 0 Å². The lowest BCUT2D eigenvalue weighted by Gasteiger charge is -2.33. The predicted octanol–water partition coefficient (Wildman–Crippen LogP) is 0.580. The number of rotatable bonds is 15. The molecule has 0 saturated heterocycles. The summed E-state index contributed by atoms with van der Waals surface area (Å²) in [5.41, 5.74) is 2.15. The van der Waals surface area contributed by atoms with Crippen LogP contribution in [0.15, 0.2) is 30.3 Å². The monoisotopic (exact) mass is 578 g/mol. The normalized spacial score (nSPS) is 13.4. The highest BCUT2D eigenvalue weighted by Gasteiger charge is 2.35. The maximum atomic E-state index is 12.2. The summed E-state index contributed by atoms with van der Waals surface area (Å²) in [6, 6.07) is 7.25. The zero-order chi connectivity index (χ0) is 28.7. The third-order valence-corrected chi connectivity index (χ3v) is 8.12. The van der Waals surface area contributed by atoms with E-state index < -0.39 is 33.9 Å². The van der Waals surface area contributed by atoms with Crippen LogP contribution in [0.4, 0.5) is 0 Å². The Morgan fingerprint density at radius 2 is 1.45 bits per heavy atom. The van der Waals surface area contributed by atoms with E-state index >= 15 is 0 Å². The Hall–Kier alpha value is -1.86. The van der Waals surface area contributed by atoms with E-state index in [0.29, 0.717) is 28.7 Å². The Morgan fingerprint density at radius 1 is 0.816 bits per heavy atom. The number of nitrogens with zero attached hydrogens (tertiary/aromatic N) is 2. The number of aromatic hydroxyl groups is 2. The molecule has 1 unspecified atom stereocenters. The van der Waals surface area contributed by atoms with Crippen LogP contribution >= 0.6 is 15.2 Å². The molecule has 2 rings (SSSR count). The smallest absolute Gasteiger partial charge is 0.344 e. The largest absolute Gasteiger partial charge is 0.508 e. The van der Waals surface area contributed by atoms with E-state index in [1.165, 1.54) is 34.1 Å². The van der Waals surface area contributed by atoms with E-state index in [4.69, 9.17) is 0 Å². The number of hydrogen-bond donors (Lipinski definition) is 9. The van der Waals surface area contributed by atoms with Gasteiger partial charge in [-0.15, -0.1) is 0 Å². The second-order valence-electron chi connectivity index (χ2n) is 8.97. The molecule has 0 aliphatic carbocycles. The van der Waals surface area contributed by atoms with E-state index in [-0.39, 0.29) is 56.5 Å². The average molecular weight is 578 g/mol. The molecule has 0 amide bonds. The summed E-state index contributed by atoms with van der Waals surface area (Å²) in [6.45, 7) is -0.496. The summed E-state index contributed by atoms with van der Waals surface area (Å²) in [5, 5.41) is 49.4. The van der Waals surface area contributed by atoms with Crippen molar-refractivity contribution in [3.05, 3.63) is 58.1 Å². The van der Waals surface area contributed by atoms with Gasteiger partial charge >= 0.3 is 15.2 Å². The lowest BCUT2D eigenvalue weighted by Crippen LogP contribution is -2.42. The maximum Gasteiger partial charge on any atom is 0.344 e. The fourth-order valence-corrected chi connectivity index (χ4v) is 5.77. The first-order valence-electron chi connectivity index (χ1n) is 11.8. The van der Waals surface area contributed by atoms with Crippen LogP contribution in [0, 0.1) is 0 Å². The lowest BCUT2D eigenvalue weighted by molar-refractivity contribution is 0.124. The predicted molar refractivity (Wildman–Crippen MR) is 138 cm³/mol. The van der Waals surface area contributed by atoms with Crippen LogP contribution in [-0.2, 0) is 41.9 Å². The van der Waals surface area contributed by atoms with Crippen molar-refractivity contribution >= 4 is 15.2 Å². The molecule has 15 heteroatoms. The summed E-state index contributed by atoms with van der Waals surface area (Å²) in [7, 11) is -9.50. The van der Waals surface area contributed by atoms with Gasteiger partial charge in [-0.05, 0) is 41.3 Å². The molecule has 0 saturated carbocycles. The molecule has 0 heterocycles. The molecule has 0 bridgehead atoms. The van der Waals surface area contributed by atoms with Gasteiger partial charge in [-0.25, -0.2) is 0 Å². The number of phenols is 2. The van der Waals surface area contributed by atoms with Gasteiger partial charge in [-0.3, -0.25) is 18.9 Å². The second-order valence-corrected chi connectivity index (χ2v) is 12.4. The quantitative estimate of drug-likeness (QED) is 0.132. The summed E-state index contributed by atoms with van der Waals surface area (Å²) < 4.78 is 24.0. The van der Waals surface area contributed by atoms with Crippen LogP contribution in [0.5, 0.6) is 11.5 Å². The molecule has 0 aliphatic rings. The molecule has 38 heavy (non-hydrogen) atoms. The first-order chi connectivity index (χ1) is 17.7. The molecule has 1 atom stereocenters. The minimum absolute atomic E-state index is 0.120. The molecule has 2 aromatic carbocycles. The molecular weight excluding hydrogens is 542 g/mol. The van der Waals surface area contributed by atoms with Crippen LogP contribution in [0.2, 0.25) is 0 Å². The Bertz CT molecular complexity index is 1170. The Kier molecular flexibility index (Phi) is 11.9. The number of aliphatic hydroxyl groups is 3. The summed E-state index contributed by atoms with van der Waals surface area (Å²) >= 11 is 0. The van der Waals surface area contributed by atoms with Crippen LogP contribution in [0.1, 0.15) is 34.7 Å². The summed E-state index contributed by atoms with van der Waals surface area (Å²) in [6.07, 6.45) is -0.270. The van der Waals surface area contributed by atoms with E-state index in [1.54, 1.807) is 6.07 Å². The third kappa shape index (κ3) is 9.41. The van der Waals surface area contributed by atoms with Gasteiger partial charge in [0.05, 0.1) is 19.8 Å². The highest BCUT2D eigenvalue weighted by molar-refractivity contribution is 7.52. The first-order valence-corrected chi connectivity index (χ1v) is 15.2. The van der Waals surface area contributed by atoms with E-state index in [9.17, 15) is 54.2 Å². The molecule has 214 valence electrons. The highest BCUT2D eigenvalue weighted by Crippen LogP contribution is 2.44. The minimum Gasteiger partial charge on any atom is -0.508 e. The first kappa shape index (κ1) is 32.4. The van der Waals surface area contributed by atoms with Gasteiger partial charge in [0.1, 0.15) is 23.6 Å². The van der Waals surface area contributed by atoms with Gasteiger partial charge in [0.15, 0.2) is 0 Å². The number of aliphatic hydroxyl groups excluding tert-OH is 3. The number of benzene rings is 2. The number of aryl methyl sites for hydroxylation is 1. The second kappa shape index (κ2) is 14.0.